The second-order valence-electron chi connectivity index (χ2n) is 7.37. The van der Waals surface area contributed by atoms with E-state index in [2.05, 4.69) is 15.1 Å². The van der Waals surface area contributed by atoms with E-state index in [4.69, 9.17) is 27.7 Å². The lowest BCUT2D eigenvalue weighted by molar-refractivity contribution is 0.102. The van der Waals surface area contributed by atoms with E-state index in [-0.39, 0.29) is 11.7 Å². The van der Waals surface area contributed by atoms with Crippen molar-refractivity contribution in [3.63, 3.8) is 0 Å². The fourth-order valence-corrected chi connectivity index (χ4v) is 4.07. The first-order chi connectivity index (χ1) is 15.5. The van der Waals surface area contributed by atoms with Crippen molar-refractivity contribution in [1.82, 2.24) is 19.7 Å². The largest absolute Gasteiger partial charge is 0.332 e. The SMILES string of the molecule is Cc1ccc2c(c1)c(C(=O)c1noc(-c3ccccn3)n1)c(Cl)n2Cc1ccc(Cl)cc1. The molecule has 158 valence electrons. The van der Waals surface area contributed by atoms with Crippen LogP contribution in [0.3, 0.4) is 0 Å². The summed E-state index contributed by atoms with van der Waals surface area (Å²) in [6.45, 7) is 2.44. The van der Waals surface area contributed by atoms with Gasteiger partial charge in [-0.2, -0.15) is 4.98 Å². The molecule has 0 amide bonds. The number of carbonyl (C=O) groups is 1. The summed E-state index contributed by atoms with van der Waals surface area (Å²) in [5, 5.41) is 5.59. The summed E-state index contributed by atoms with van der Waals surface area (Å²) in [5.41, 5.74) is 3.69. The Morgan fingerprint density at radius 1 is 1.06 bits per heavy atom. The first-order valence-corrected chi connectivity index (χ1v) is 10.6. The minimum Gasteiger partial charge on any atom is -0.332 e. The number of hydrogen-bond acceptors (Lipinski definition) is 5. The number of benzene rings is 2. The van der Waals surface area contributed by atoms with Crippen LogP contribution in [0.1, 0.15) is 27.3 Å². The van der Waals surface area contributed by atoms with E-state index in [9.17, 15) is 4.79 Å². The number of hydrogen-bond donors (Lipinski definition) is 0. The summed E-state index contributed by atoms with van der Waals surface area (Å²) in [6.07, 6.45) is 1.62. The molecule has 0 N–H and O–H groups in total. The van der Waals surface area contributed by atoms with E-state index in [1.807, 2.05) is 54.0 Å². The predicted octanol–water partition coefficient (Wildman–Crippen LogP) is 5.98. The van der Waals surface area contributed by atoms with E-state index >= 15 is 0 Å². The number of pyridine rings is 1. The molecule has 6 nitrogen and oxygen atoms in total. The fourth-order valence-electron chi connectivity index (χ4n) is 3.60. The van der Waals surface area contributed by atoms with Gasteiger partial charge in [-0.1, -0.05) is 58.2 Å². The van der Waals surface area contributed by atoms with Gasteiger partial charge in [-0.25, -0.2) is 0 Å². The maximum Gasteiger partial charge on any atom is 0.276 e. The van der Waals surface area contributed by atoms with Gasteiger partial charge in [0.15, 0.2) is 0 Å². The fraction of sp³-hybridized carbons (Fsp3) is 0.0833. The maximum atomic E-state index is 13.4. The van der Waals surface area contributed by atoms with Crippen molar-refractivity contribution in [3.05, 3.63) is 99.6 Å². The Morgan fingerprint density at radius 2 is 1.88 bits per heavy atom. The van der Waals surface area contributed by atoms with E-state index in [0.29, 0.717) is 28.0 Å². The van der Waals surface area contributed by atoms with Gasteiger partial charge in [0, 0.05) is 23.2 Å². The van der Waals surface area contributed by atoms with Crippen molar-refractivity contribution in [3.8, 4) is 11.6 Å². The number of rotatable bonds is 5. The smallest absolute Gasteiger partial charge is 0.276 e. The van der Waals surface area contributed by atoms with Crippen molar-refractivity contribution < 1.29 is 9.32 Å². The van der Waals surface area contributed by atoms with Gasteiger partial charge in [-0.3, -0.25) is 9.78 Å². The Morgan fingerprint density at radius 3 is 2.62 bits per heavy atom. The lowest BCUT2D eigenvalue weighted by atomic mass is 10.1. The zero-order valence-corrected chi connectivity index (χ0v) is 18.4. The second kappa shape index (κ2) is 8.22. The summed E-state index contributed by atoms with van der Waals surface area (Å²) in [6, 6.07) is 18.7. The van der Waals surface area contributed by atoms with Crippen LogP contribution in [0, 0.1) is 6.92 Å². The van der Waals surface area contributed by atoms with Gasteiger partial charge < -0.3 is 9.09 Å². The zero-order valence-electron chi connectivity index (χ0n) is 16.9. The van der Waals surface area contributed by atoms with Crippen LogP contribution in [0.25, 0.3) is 22.5 Å². The number of ketones is 1. The Kier molecular flexibility index (Phi) is 5.25. The molecule has 0 aliphatic heterocycles. The van der Waals surface area contributed by atoms with Gasteiger partial charge in [0.05, 0.1) is 11.1 Å². The lowest BCUT2D eigenvalue weighted by Gasteiger charge is -2.08. The molecule has 32 heavy (non-hydrogen) atoms. The first-order valence-electron chi connectivity index (χ1n) is 9.84. The topological polar surface area (TPSA) is 73.8 Å². The number of aryl methyl sites for hydroxylation is 1. The second-order valence-corrected chi connectivity index (χ2v) is 8.16. The average Bonchev–Trinajstić information content (AvgIpc) is 3.39. The maximum absolute atomic E-state index is 13.4. The zero-order chi connectivity index (χ0) is 22.2. The van der Waals surface area contributed by atoms with Gasteiger partial charge in [-0.15, -0.1) is 0 Å². The highest BCUT2D eigenvalue weighted by atomic mass is 35.5. The Hall–Kier alpha value is -3.48. The Labute approximate surface area is 193 Å². The molecule has 0 bridgehead atoms. The molecule has 0 aliphatic rings. The Balaban J connectivity index is 1.60. The minimum atomic E-state index is -0.411. The van der Waals surface area contributed by atoms with Gasteiger partial charge in [0.25, 0.3) is 5.89 Å². The van der Waals surface area contributed by atoms with E-state index in [1.165, 1.54) is 0 Å². The minimum absolute atomic E-state index is 0.0698. The van der Waals surface area contributed by atoms with Crippen molar-refractivity contribution in [2.75, 3.05) is 0 Å². The quantitative estimate of drug-likeness (QED) is 0.300. The third-order valence-corrected chi connectivity index (χ3v) is 5.79. The van der Waals surface area contributed by atoms with Gasteiger partial charge >= 0.3 is 0 Å². The van der Waals surface area contributed by atoms with E-state index < -0.39 is 5.78 Å². The highest BCUT2D eigenvalue weighted by Gasteiger charge is 2.26. The van der Waals surface area contributed by atoms with Crippen molar-refractivity contribution >= 4 is 39.9 Å². The van der Waals surface area contributed by atoms with Gasteiger partial charge in [-0.05, 0) is 48.9 Å². The molecule has 0 saturated carbocycles. The first kappa shape index (κ1) is 20.4. The molecule has 0 aliphatic carbocycles. The van der Waals surface area contributed by atoms with Crippen LogP contribution in [-0.2, 0) is 6.54 Å². The van der Waals surface area contributed by atoms with Gasteiger partial charge in [0.2, 0.25) is 11.6 Å². The van der Waals surface area contributed by atoms with E-state index in [1.54, 1.807) is 24.4 Å². The van der Waals surface area contributed by atoms with Crippen molar-refractivity contribution in [2.45, 2.75) is 13.5 Å². The highest BCUT2D eigenvalue weighted by molar-refractivity contribution is 6.37. The molecule has 2 aromatic carbocycles. The molecule has 0 saturated heterocycles. The number of aromatic nitrogens is 4. The standard InChI is InChI=1S/C24H16Cl2N4O2/c1-14-5-10-19-17(12-14)20(22(26)30(19)13-15-6-8-16(25)9-7-15)21(31)23-28-24(32-29-23)18-4-2-3-11-27-18/h2-12H,13H2,1H3. The molecule has 5 aromatic rings. The van der Waals surface area contributed by atoms with Crippen LogP contribution in [0.2, 0.25) is 10.2 Å². The molecule has 0 radical (unpaired) electrons. The monoisotopic (exact) mass is 462 g/mol. The van der Waals surface area contributed by atoms with Crippen LogP contribution < -0.4 is 0 Å². The molecule has 0 spiro atoms. The molecule has 3 aromatic heterocycles. The summed E-state index contributed by atoms with van der Waals surface area (Å²) >= 11 is 12.8. The number of halogens is 2. The molecular formula is C24H16Cl2N4O2. The van der Waals surface area contributed by atoms with Crippen LogP contribution in [0.4, 0.5) is 0 Å². The lowest BCUT2D eigenvalue weighted by Crippen LogP contribution is -2.05. The van der Waals surface area contributed by atoms with Crippen LogP contribution in [0.15, 0.2) is 71.4 Å². The van der Waals surface area contributed by atoms with E-state index in [0.717, 1.165) is 22.0 Å². The molecule has 0 unspecified atom stereocenters. The van der Waals surface area contributed by atoms with Gasteiger partial charge in [0.1, 0.15) is 10.8 Å². The summed E-state index contributed by atoms with van der Waals surface area (Å²) in [7, 11) is 0. The van der Waals surface area contributed by atoms with Crippen LogP contribution >= 0.6 is 23.2 Å². The predicted molar refractivity (Wildman–Crippen MR) is 123 cm³/mol. The summed E-state index contributed by atoms with van der Waals surface area (Å²) < 4.78 is 7.17. The normalized spacial score (nSPS) is 11.2. The highest BCUT2D eigenvalue weighted by Crippen LogP contribution is 2.33. The third kappa shape index (κ3) is 3.68. The molecule has 0 atom stereocenters. The molecular weight excluding hydrogens is 447 g/mol. The molecule has 0 fully saturated rings. The molecule has 8 heteroatoms. The third-order valence-electron chi connectivity index (χ3n) is 5.15. The summed E-state index contributed by atoms with van der Waals surface area (Å²) in [4.78, 5) is 21.9. The Bertz CT molecular complexity index is 1440. The number of fused-ring (bicyclic) bond motifs is 1. The molecule has 5 rings (SSSR count). The van der Waals surface area contributed by atoms with Crippen molar-refractivity contribution in [2.24, 2.45) is 0 Å². The average molecular weight is 463 g/mol. The summed E-state index contributed by atoms with van der Waals surface area (Å²) in [5.74, 6) is -0.308. The number of carbonyl (C=O) groups excluding carboxylic acids is 1. The molecule has 3 heterocycles. The van der Waals surface area contributed by atoms with Crippen molar-refractivity contribution in [1.29, 1.82) is 0 Å². The van der Waals surface area contributed by atoms with Crippen LogP contribution in [-0.4, -0.2) is 25.5 Å². The number of nitrogens with zero attached hydrogens (tertiary/aromatic N) is 4. The van der Waals surface area contributed by atoms with Crippen LogP contribution in [0.5, 0.6) is 0 Å².